The number of hydrogen-bond acceptors (Lipinski definition) is 2. The third-order valence-electron chi connectivity index (χ3n) is 4.80. The van der Waals surface area contributed by atoms with E-state index in [0.29, 0.717) is 18.3 Å². The fourth-order valence-electron chi connectivity index (χ4n) is 3.59. The largest absolute Gasteiger partial charge is 0.355 e. The summed E-state index contributed by atoms with van der Waals surface area (Å²) in [5, 5.41) is 3.14. The second kappa shape index (κ2) is 7.91. The first-order valence-electron chi connectivity index (χ1n) is 8.53. The quantitative estimate of drug-likeness (QED) is 0.884. The molecule has 0 radical (unpaired) electrons. The van der Waals surface area contributed by atoms with Gasteiger partial charge in [0.25, 0.3) is 0 Å². The number of carbonyl (C=O) groups excluding carboxylic acids is 1. The summed E-state index contributed by atoms with van der Waals surface area (Å²) in [5.74, 6) is 1.20. The highest BCUT2D eigenvalue weighted by Gasteiger charge is 2.26. The van der Waals surface area contributed by atoms with Crippen LogP contribution < -0.4 is 5.32 Å². The Balaban J connectivity index is 1.61. The summed E-state index contributed by atoms with van der Waals surface area (Å²) in [7, 11) is 0. The molecule has 1 aromatic carbocycles. The summed E-state index contributed by atoms with van der Waals surface area (Å²) in [6.07, 6.45) is 9.07. The van der Waals surface area contributed by atoms with Crippen LogP contribution in [0, 0.1) is 5.92 Å². The van der Waals surface area contributed by atoms with E-state index < -0.39 is 0 Å². The van der Waals surface area contributed by atoms with Gasteiger partial charge in [-0.2, -0.15) is 0 Å². The van der Waals surface area contributed by atoms with E-state index in [2.05, 4.69) is 40.6 Å². The molecule has 2 aromatic rings. The monoisotopic (exact) mass is 308 g/mol. The van der Waals surface area contributed by atoms with Crippen molar-refractivity contribution in [3.05, 3.63) is 66.0 Å². The summed E-state index contributed by atoms with van der Waals surface area (Å²) >= 11 is 0. The molecule has 1 fully saturated rings. The highest BCUT2D eigenvalue weighted by atomic mass is 16.1. The van der Waals surface area contributed by atoms with Crippen molar-refractivity contribution < 1.29 is 4.79 Å². The van der Waals surface area contributed by atoms with E-state index in [1.54, 1.807) is 12.4 Å². The molecule has 3 heteroatoms. The molecular formula is C20H24N2O. The Labute approximate surface area is 138 Å². The van der Waals surface area contributed by atoms with E-state index >= 15 is 0 Å². The summed E-state index contributed by atoms with van der Waals surface area (Å²) < 4.78 is 0. The Kier molecular flexibility index (Phi) is 5.41. The third-order valence-corrected chi connectivity index (χ3v) is 4.80. The lowest BCUT2D eigenvalue weighted by atomic mass is 9.85. The summed E-state index contributed by atoms with van der Waals surface area (Å²) in [4.78, 5) is 16.3. The van der Waals surface area contributed by atoms with Gasteiger partial charge in [0.15, 0.2) is 0 Å². The molecule has 0 spiro atoms. The van der Waals surface area contributed by atoms with Crippen LogP contribution in [0.25, 0.3) is 0 Å². The number of amides is 1. The van der Waals surface area contributed by atoms with Crippen LogP contribution in [0.15, 0.2) is 54.9 Å². The topological polar surface area (TPSA) is 42.0 Å². The number of rotatable bonds is 6. The fraction of sp³-hybridized carbons (Fsp3) is 0.400. The second-order valence-electron chi connectivity index (χ2n) is 6.40. The van der Waals surface area contributed by atoms with Gasteiger partial charge in [-0.3, -0.25) is 9.78 Å². The van der Waals surface area contributed by atoms with Crippen molar-refractivity contribution in [2.75, 3.05) is 6.54 Å². The van der Waals surface area contributed by atoms with Gasteiger partial charge < -0.3 is 5.32 Å². The fourth-order valence-corrected chi connectivity index (χ4v) is 3.59. The minimum absolute atomic E-state index is 0.0805. The molecule has 3 nitrogen and oxygen atoms in total. The number of pyridine rings is 1. The molecule has 1 heterocycles. The summed E-state index contributed by atoms with van der Waals surface area (Å²) in [6, 6.07) is 14.4. The third kappa shape index (κ3) is 4.41. The van der Waals surface area contributed by atoms with E-state index in [1.165, 1.54) is 31.2 Å². The van der Waals surface area contributed by atoms with Gasteiger partial charge in [0.1, 0.15) is 0 Å². The maximum Gasteiger partial charge on any atom is 0.224 e. The molecule has 0 unspecified atom stereocenters. The van der Waals surface area contributed by atoms with Gasteiger partial charge in [0.2, 0.25) is 5.91 Å². The second-order valence-corrected chi connectivity index (χ2v) is 6.40. The molecule has 1 aromatic heterocycles. The van der Waals surface area contributed by atoms with Crippen LogP contribution in [0.5, 0.6) is 0 Å². The molecule has 1 saturated carbocycles. The molecule has 0 saturated heterocycles. The Morgan fingerprint density at radius 1 is 1.13 bits per heavy atom. The minimum Gasteiger partial charge on any atom is -0.355 e. The van der Waals surface area contributed by atoms with E-state index in [1.807, 2.05) is 12.1 Å². The molecule has 0 aliphatic heterocycles. The van der Waals surface area contributed by atoms with Gasteiger partial charge in [-0.05, 0) is 36.0 Å². The zero-order valence-electron chi connectivity index (χ0n) is 13.4. The van der Waals surface area contributed by atoms with Crippen molar-refractivity contribution >= 4 is 5.91 Å². The lowest BCUT2D eigenvalue weighted by Crippen LogP contribution is -2.32. The van der Waals surface area contributed by atoms with E-state index in [0.717, 1.165) is 12.1 Å². The Hall–Kier alpha value is -2.16. The Bertz CT molecular complexity index is 606. The number of carbonyl (C=O) groups is 1. The zero-order chi connectivity index (χ0) is 15.9. The van der Waals surface area contributed by atoms with E-state index in [9.17, 15) is 4.79 Å². The van der Waals surface area contributed by atoms with Crippen LogP contribution in [0.3, 0.4) is 0 Å². The zero-order valence-corrected chi connectivity index (χ0v) is 13.4. The molecule has 1 N–H and O–H groups in total. The smallest absolute Gasteiger partial charge is 0.224 e. The van der Waals surface area contributed by atoms with Crippen LogP contribution in [0.2, 0.25) is 0 Å². The first kappa shape index (κ1) is 15.7. The normalized spacial score (nSPS) is 16.2. The van der Waals surface area contributed by atoms with Gasteiger partial charge in [-0.1, -0.05) is 49.2 Å². The average Bonchev–Trinajstić information content (AvgIpc) is 3.11. The highest BCUT2D eigenvalue weighted by Crippen LogP contribution is 2.36. The van der Waals surface area contributed by atoms with Gasteiger partial charge in [-0.15, -0.1) is 0 Å². The molecule has 0 bridgehead atoms. The lowest BCUT2D eigenvalue weighted by Gasteiger charge is -2.24. The summed E-state index contributed by atoms with van der Waals surface area (Å²) in [6.45, 7) is 0.730. The number of nitrogens with zero attached hydrogens (tertiary/aromatic N) is 1. The first-order valence-corrected chi connectivity index (χ1v) is 8.53. The molecular weight excluding hydrogens is 284 g/mol. The molecule has 1 aliphatic carbocycles. The van der Waals surface area contributed by atoms with Crippen molar-refractivity contribution in [3.8, 4) is 0 Å². The van der Waals surface area contributed by atoms with Crippen molar-refractivity contribution in [2.24, 2.45) is 5.92 Å². The SMILES string of the molecule is O=C(Cc1cccnc1)NC[C@@H](c1ccccc1)C1CCCC1. The van der Waals surface area contributed by atoms with Crippen molar-refractivity contribution in [2.45, 2.75) is 38.0 Å². The maximum atomic E-state index is 12.2. The molecule has 23 heavy (non-hydrogen) atoms. The molecule has 3 rings (SSSR count). The van der Waals surface area contributed by atoms with Crippen molar-refractivity contribution in [1.29, 1.82) is 0 Å². The van der Waals surface area contributed by atoms with Crippen LogP contribution in [0.4, 0.5) is 0 Å². The Morgan fingerprint density at radius 2 is 1.91 bits per heavy atom. The maximum absolute atomic E-state index is 12.2. The van der Waals surface area contributed by atoms with Crippen LogP contribution in [0.1, 0.15) is 42.7 Å². The number of nitrogens with one attached hydrogen (secondary N) is 1. The van der Waals surface area contributed by atoms with Crippen molar-refractivity contribution in [1.82, 2.24) is 10.3 Å². The van der Waals surface area contributed by atoms with Crippen molar-refractivity contribution in [3.63, 3.8) is 0 Å². The van der Waals surface area contributed by atoms with Crippen LogP contribution >= 0.6 is 0 Å². The standard InChI is InChI=1S/C20H24N2O/c23-20(13-16-7-6-12-21-14-16)22-15-19(18-10-4-5-11-18)17-8-2-1-3-9-17/h1-3,6-9,12,14,18-19H,4-5,10-11,13,15H2,(H,22,23)/t19-/m0/s1. The van der Waals surface area contributed by atoms with E-state index in [-0.39, 0.29) is 5.91 Å². The van der Waals surface area contributed by atoms with Crippen LogP contribution in [-0.2, 0) is 11.2 Å². The molecule has 1 amide bonds. The van der Waals surface area contributed by atoms with Gasteiger partial charge >= 0.3 is 0 Å². The van der Waals surface area contributed by atoms with E-state index in [4.69, 9.17) is 0 Å². The molecule has 1 aliphatic rings. The predicted octanol–water partition coefficient (Wildman–Crippen LogP) is 3.71. The van der Waals surface area contributed by atoms with Gasteiger partial charge in [0.05, 0.1) is 6.42 Å². The molecule has 120 valence electrons. The Morgan fingerprint density at radius 3 is 2.61 bits per heavy atom. The number of hydrogen-bond donors (Lipinski definition) is 1. The van der Waals surface area contributed by atoms with Gasteiger partial charge in [0, 0.05) is 24.9 Å². The van der Waals surface area contributed by atoms with Crippen LogP contribution in [-0.4, -0.2) is 17.4 Å². The minimum atomic E-state index is 0.0805. The lowest BCUT2D eigenvalue weighted by molar-refractivity contribution is -0.120. The average molecular weight is 308 g/mol. The highest BCUT2D eigenvalue weighted by molar-refractivity contribution is 5.78. The first-order chi connectivity index (χ1) is 11.3. The summed E-state index contributed by atoms with van der Waals surface area (Å²) in [5.41, 5.74) is 2.31. The molecule has 1 atom stereocenters. The number of aromatic nitrogens is 1. The number of benzene rings is 1. The predicted molar refractivity (Wildman–Crippen MR) is 92.1 cm³/mol. The van der Waals surface area contributed by atoms with Gasteiger partial charge in [-0.25, -0.2) is 0 Å².